The minimum atomic E-state index is -0.954. The van der Waals surface area contributed by atoms with E-state index in [-0.39, 0.29) is 18.0 Å². The van der Waals surface area contributed by atoms with Crippen LogP contribution in [-0.4, -0.2) is 19.5 Å². The number of aromatic nitrogens is 4. The van der Waals surface area contributed by atoms with Crippen LogP contribution in [0.2, 0.25) is 5.02 Å². The highest BCUT2D eigenvalue weighted by Crippen LogP contribution is 2.26. The Kier molecular flexibility index (Phi) is 4.56. The van der Waals surface area contributed by atoms with Crippen LogP contribution in [0.4, 0.5) is 20.4 Å². The van der Waals surface area contributed by atoms with Crippen LogP contribution in [0.5, 0.6) is 0 Å². The molecule has 9 heteroatoms. The Balaban J connectivity index is 1.85. The number of fused-ring (bicyclic) bond motifs is 1. The van der Waals surface area contributed by atoms with Crippen LogP contribution in [0.15, 0.2) is 47.5 Å². The van der Waals surface area contributed by atoms with E-state index in [4.69, 9.17) is 11.6 Å². The first-order valence-corrected chi connectivity index (χ1v) is 8.72. The molecule has 0 atom stereocenters. The smallest absolute Gasteiger partial charge is 0.300 e. The van der Waals surface area contributed by atoms with E-state index in [1.807, 2.05) is 6.92 Å². The lowest BCUT2D eigenvalue weighted by molar-refractivity contribution is 0.506. The number of nitrogens with one attached hydrogen (secondary N) is 2. The molecule has 2 aromatic carbocycles. The van der Waals surface area contributed by atoms with Crippen molar-refractivity contribution in [3.63, 3.8) is 0 Å². The molecule has 2 heterocycles. The molecule has 28 heavy (non-hydrogen) atoms. The maximum atomic E-state index is 13.6. The fourth-order valence-electron chi connectivity index (χ4n) is 2.89. The largest absolute Gasteiger partial charge is 0.339 e. The first kappa shape index (κ1) is 18.1. The summed E-state index contributed by atoms with van der Waals surface area (Å²) < 4.78 is 28.5. The molecule has 0 unspecified atom stereocenters. The summed E-state index contributed by atoms with van der Waals surface area (Å²) in [4.78, 5) is 23.4. The zero-order chi connectivity index (χ0) is 19.8. The maximum absolute atomic E-state index is 13.6. The van der Waals surface area contributed by atoms with E-state index in [1.165, 1.54) is 12.4 Å². The number of imidazole rings is 1. The van der Waals surface area contributed by atoms with Crippen molar-refractivity contribution >= 4 is 34.4 Å². The molecule has 0 aliphatic carbocycles. The van der Waals surface area contributed by atoms with Crippen LogP contribution in [0.3, 0.4) is 0 Å². The first-order chi connectivity index (χ1) is 13.4. The Morgan fingerprint density at radius 2 is 2.04 bits per heavy atom. The van der Waals surface area contributed by atoms with Crippen molar-refractivity contribution in [3.05, 3.63) is 80.9 Å². The Labute approximate surface area is 162 Å². The molecule has 0 spiro atoms. The number of rotatable bonds is 4. The predicted octanol–water partition coefficient (Wildman–Crippen LogP) is 4.15. The Bertz CT molecular complexity index is 1250. The zero-order valence-electron chi connectivity index (χ0n) is 14.6. The van der Waals surface area contributed by atoms with Gasteiger partial charge in [-0.1, -0.05) is 23.7 Å². The van der Waals surface area contributed by atoms with Gasteiger partial charge in [0.1, 0.15) is 0 Å². The summed E-state index contributed by atoms with van der Waals surface area (Å²) in [7, 11) is 0. The molecule has 4 rings (SSSR count). The van der Waals surface area contributed by atoms with Crippen LogP contribution in [0.1, 0.15) is 11.1 Å². The molecule has 0 amide bonds. The van der Waals surface area contributed by atoms with Crippen LogP contribution in [-0.2, 0) is 6.54 Å². The van der Waals surface area contributed by atoms with Crippen LogP contribution in [0.25, 0.3) is 11.2 Å². The van der Waals surface area contributed by atoms with E-state index in [1.54, 1.807) is 22.8 Å². The van der Waals surface area contributed by atoms with E-state index >= 15 is 0 Å². The monoisotopic (exact) mass is 401 g/mol. The number of aromatic amines is 1. The van der Waals surface area contributed by atoms with E-state index < -0.39 is 17.2 Å². The lowest BCUT2D eigenvalue weighted by atomic mass is 10.2. The van der Waals surface area contributed by atoms with Crippen molar-refractivity contribution in [3.8, 4) is 0 Å². The predicted molar refractivity (Wildman–Crippen MR) is 103 cm³/mol. The van der Waals surface area contributed by atoms with E-state index in [2.05, 4.69) is 20.3 Å². The summed E-state index contributed by atoms with van der Waals surface area (Å²) >= 11 is 6.17. The Morgan fingerprint density at radius 3 is 2.82 bits per heavy atom. The normalized spacial score (nSPS) is 11.1. The second-order valence-electron chi connectivity index (χ2n) is 6.21. The van der Waals surface area contributed by atoms with Crippen LogP contribution >= 0.6 is 11.6 Å². The fourth-order valence-corrected chi connectivity index (χ4v) is 3.07. The third-order valence-electron chi connectivity index (χ3n) is 4.39. The molecule has 0 saturated carbocycles. The Morgan fingerprint density at radius 1 is 1.21 bits per heavy atom. The van der Waals surface area contributed by atoms with Crippen molar-refractivity contribution in [2.75, 3.05) is 5.32 Å². The summed E-state index contributed by atoms with van der Waals surface area (Å²) in [6, 6.07) is 8.92. The van der Waals surface area contributed by atoms with Gasteiger partial charge >= 0.3 is 5.56 Å². The summed E-state index contributed by atoms with van der Waals surface area (Å²) in [6.45, 7) is 1.95. The number of halogens is 3. The minimum absolute atomic E-state index is 0.119. The summed E-state index contributed by atoms with van der Waals surface area (Å²) in [5.74, 6) is -1.68. The van der Waals surface area contributed by atoms with Gasteiger partial charge < -0.3 is 10.3 Å². The number of anilines is 2. The highest BCUT2D eigenvalue weighted by Gasteiger charge is 2.15. The molecular formula is C19H14ClF2N5O. The molecule has 0 fully saturated rings. The molecule has 0 aliphatic heterocycles. The molecule has 6 nitrogen and oxygen atoms in total. The molecule has 4 aromatic rings. The lowest BCUT2D eigenvalue weighted by Crippen LogP contribution is -2.19. The standard InChI is InChI=1S/C19H14ClF2N5O/c1-10-12(20)3-2-4-15(10)25-19-26-18(28)16-17(24-9-23-16)27(19)8-11-5-6-13(21)14(22)7-11/h2-7,9H,8H2,1H3,(H,23,24)(H,25,26,28). The average Bonchev–Trinajstić information content (AvgIpc) is 3.15. The molecule has 0 radical (unpaired) electrons. The van der Waals surface area contributed by atoms with Gasteiger partial charge in [-0.15, -0.1) is 0 Å². The first-order valence-electron chi connectivity index (χ1n) is 8.34. The maximum Gasteiger partial charge on any atom is 0.300 e. The summed E-state index contributed by atoms with van der Waals surface area (Å²) in [5.41, 5.74) is 1.99. The number of H-pyrrole nitrogens is 1. The molecular weight excluding hydrogens is 388 g/mol. The summed E-state index contributed by atoms with van der Waals surface area (Å²) in [5, 5.41) is 3.65. The highest BCUT2D eigenvalue weighted by atomic mass is 35.5. The van der Waals surface area contributed by atoms with Gasteiger partial charge in [0.2, 0.25) is 5.95 Å². The van der Waals surface area contributed by atoms with Gasteiger partial charge in [-0.2, -0.15) is 4.98 Å². The number of benzene rings is 2. The van der Waals surface area contributed by atoms with E-state index in [0.717, 1.165) is 17.7 Å². The van der Waals surface area contributed by atoms with Crippen LogP contribution < -0.4 is 10.9 Å². The SMILES string of the molecule is Cc1c(Cl)cccc1Nc1nc(=O)c2[nH]cnc2n1Cc1ccc(F)c(F)c1. The second-order valence-corrected chi connectivity index (χ2v) is 6.62. The van der Waals surface area contributed by atoms with Crippen molar-refractivity contribution in [1.82, 2.24) is 19.5 Å². The van der Waals surface area contributed by atoms with Crippen molar-refractivity contribution < 1.29 is 8.78 Å². The van der Waals surface area contributed by atoms with Crippen molar-refractivity contribution in [1.29, 1.82) is 0 Å². The third-order valence-corrected chi connectivity index (χ3v) is 4.80. The molecule has 0 aliphatic rings. The number of hydrogen-bond acceptors (Lipinski definition) is 4. The quantitative estimate of drug-likeness (QED) is 0.538. The van der Waals surface area contributed by atoms with Gasteiger partial charge in [0.05, 0.1) is 12.9 Å². The average molecular weight is 402 g/mol. The lowest BCUT2D eigenvalue weighted by Gasteiger charge is -2.16. The van der Waals surface area contributed by atoms with Crippen molar-refractivity contribution in [2.45, 2.75) is 13.5 Å². The summed E-state index contributed by atoms with van der Waals surface area (Å²) in [6.07, 6.45) is 1.38. The van der Waals surface area contributed by atoms with Crippen molar-refractivity contribution in [2.24, 2.45) is 0 Å². The zero-order valence-corrected chi connectivity index (χ0v) is 15.4. The topological polar surface area (TPSA) is 75.6 Å². The second kappa shape index (κ2) is 7.05. The third kappa shape index (κ3) is 3.22. The van der Waals surface area contributed by atoms with Gasteiger partial charge in [-0.25, -0.2) is 13.8 Å². The van der Waals surface area contributed by atoms with E-state index in [9.17, 15) is 13.6 Å². The number of hydrogen-bond donors (Lipinski definition) is 2. The fraction of sp³-hybridized carbons (Fsp3) is 0.105. The molecule has 2 aromatic heterocycles. The molecule has 0 bridgehead atoms. The van der Waals surface area contributed by atoms with Gasteiger partial charge in [0, 0.05) is 10.7 Å². The molecule has 142 valence electrons. The highest BCUT2D eigenvalue weighted by molar-refractivity contribution is 6.31. The van der Waals surface area contributed by atoms with Crippen LogP contribution in [0, 0.1) is 18.6 Å². The molecule has 0 saturated heterocycles. The van der Waals surface area contributed by atoms with E-state index in [0.29, 0.717) is 21.9 Å². The molecule has 2 N–H and O–H groups in total. The number of nitrogens with zero attached hydrogens (tertiary/aromatic N) is 3. The van der Waals surface area contributed by atoms with Gasteiger partial charge in [0.15, 0.2) is 22.8 Å². The van der Waals surface area contributed by atoms with Gasteiger partial charge in [-0.3, -0.25) is 9.36 Å². The minimum Gasteiger partial charge on any atom is -0.339 e. The van der Waals surface area contributed by atoms with Gasteiger partial charge in [0.25, 0.3) is 0 Å². The van der Waals surface area contributed by atoms with Gasteiger partial charge in [-0.05, 0) is 42.3 Å². The Hall–Kier alpha value is -3.26.